The number of furan rings is 2. The Hall–Kier alpha value is -11.4. The second-order valence-electron chi connectivity index (χ2n) is 23.6. The van der Waals surface area contributed by atoms with Crippen LogP contribution in [0.3, 0.4) is 0 Å². The SMILES string of the molecule is Brc1ccc(-c2ccc3oc4ccccc4c3c2)cc1.OB(O)c1c2ccccc2c(-c2ccccc2-c2ccccc2)c2ccccc12.c1ccc(-c2ccccc2-c2c3ccccc3c(-c3ccc(-c4ccc5oc6ccccc6c5c4)cc3)c3ccccc23)cc1. The lowest BCUT2D eigenvalue weighted by atomic mass is 9.72. The average Bonchev–Trinajstić information content (AvgIpc) is 1.07. The fourth-order valence-electron chi connectivity index (χ4n) is 13.9. The van der Waals surface area contributed by atoms with Crippen molar-refractivity contribution in [3.8, 4) is 77.9 Å². The van der Waals surface area contributed by atoms with Gasteiger partial charge < -0.3 is 18.9 Å². The van der Waals surface area contributed by atoms with Gasteiger partial charge in [0.2, 0.25) is 0 Å². The minimum absolute atomic E-state index is 0.553. The van der Waals surface area contributed by atoms with E-state index in [0.717, 1.165) is 81.4 Å². The van der Waals surface area contributed by atoms with Gasteiger partial charge in [-0.25, -0.2) is 0 Å². The van der Waals surface area contributed by atoms with Crippen molar-refractivity contribution in [1.82, 2.24) is 0 Å². The summed E-state index contributed by atoms with van der Waals surface area (Å²) in [6.07, 6.45) is 0. The zero-order valence-corrected chi connectivity index (χ0v) is 52.6. The van der Waals surface area contributed by atoms with E-state index in [2.05, 4.69) is 265 Å². The van der Waals surface area contributed by atoms with Crippen LogP contribution in [0, 0.1) is 0 Å². The highest BCUT2D eigenvalue weighted by atomic mass is 79.9. The van der Waals surface area contributed by atoms with Gasteiger partial charge in [0.25, 0.3) is 0 Å². The Labute approximate surface area is 552 Å². The number of rotatable bonds is 8. The lowest BCUT2D eigenvalue weighted by molar-refractivity contribution is 0.426. The van der Waals surface area contributed by atoms with Gasteiger partial charge in [-0.3, -0.25) is 0 Å². The third-order valence-corrected chi connectivity index (χ3v) is 18.7. The van der Waals surface area contributed by atoms with Gasteiger partial charge in [0.1, 0.15) is 22.3 Å². The molecule has 0 aliphatic rings. The quantitative estimate of drug-likeness (QED) is 0.118. The summed E-state index contributed by atoms with van der Waals surface area (Å²) in [4.78, 5) is 0. The van der Waals surface area contributed by atoms with Gasteiger partial charge in [-0.2, -0.15) is 0 Å². The van der Waals surface area contributed by atoms with E-state index in [4.69, 9.17) is 8.83 Å². The van der Waals surface area contributed by atoms with Crippen LogP contribution in [0.1, 0.15) is 0 Å². The molecule has 0 spiro atoms. The molecule has 0 radical (unpaired) electrons. The van der Waals surface area contributed by atoms with Gasteiger partial charge in [-0.1, -0.05) is 307 Å². The Morgan fingerprint density at radius 2 is 0.500 bits per heavy atom. The summed E-state index contributed by atoms with van der Waals surface area (Å²) < 4.78 is 13.0. The minimum atomic E-state index is -1.54. The van der Waals surface area contributed by atoms with Crippen LogP contribution in [0.25, 0.3) is 165 Å². The fourth-order valence-corrected chi connectivity index (χ4v) is 14.1. The molecule has 4 nitrogen and oxygen atoms in total. The molecule has 0 saturated carbocycles. The molecule has 0 atom stereocenters. The molecular formula is C88H58BBrO4. The van der Waals surface area contributed by atoms with E-state index in [1.54, 1.807) is 0 Å². The van der Waals surface area contributed by atoms with Gasteiger partial charge in [0.15, 0.2) is 0 Å². The third-order valence-electron chi connectivity index (χ3n) is 18.2. The van der Waals surface area contributed by atoms with Crippen LogP contribution in [0.4, 0.5) is 0 Å². The molecule has 0 bridgehead atoms. The van der Waals surface area contributed by atoms with Crippen LogP contribution in [-0.2, 0) is 0 Å². The zero-order chi connectivity index (χ0) is 63.1. The molecule has 0 amide bonds. The van der Waals surface area contributed by atoms with Crippen LogP contribution >= 0.6 is 15.9 Å². The number of para-hydroxylation sites is 2. The molecule has 2 heterocycles. The van der Waals surface area contributed by atoms with Gasteiger partial charge >= 0.3 is 7.12 Å². The Morgan fingerprint density at radius 1 is 0.213 bits per heavy atom. The summed E-state index contributed by atoms with van der Waals surface area (Å²) in [5.74, 6) is 0. The largest absolute Gasteiger partial charge is 0.489 e. The molecule has 0 saturated heterocycles. The lowest BCUT2D eigenvalue weighted by Gasteiger charge is -2.19. The maximum Gasteiger partial charge on any atom is 0.489 e. The zero-order valence-electron chi connectivity index (χ0n) is 51.0. The Morgan fingerprint density at radius 3 is 0.904 bits per heavy atom. The predicted molar refractivity (Wildman–Crippen MR) is 399 cm³/mol. The molecule has 2 aromatic heterocycles. The molecular weight excluding hydrogens is 1210 g/mol. The highest BCUT2D eigenvalue weighted by Crippen LogP contribution is 2.47. The number of hydrogen-bond donors (Lipinski definition) is 2. The van der Waals surface area contributed by atoms with E-state index in [1.807, 2.05) is 91.0 Å². The molecule has 0 unspecified atom stereocenters. The van der Waals surface area contributed by atoms with Gasteiger partial charge in [-0.15, -0.1) is 0 Å². The summed E-state index contributed by atoms with van der Waals surface area (Å²) in [7, 11) is -1.54. The van der Waals surface area contributed by atoms with E-state index in [9.17, 15) is 10.0 Å². The second-order valence-corrected chi connectivity index (χ2v) is 24.5. The van der Waals surface area contributed by atoms with E-state index in [-0.39, 0.29) is 0 Å². The number of hydrogen-bond acceptors (Lipinski definition) is 4. The van der Waals surface area contributed by atoms with Crippen LogP contribution < -0.4 is 5.46 Å². The topological polar surface area (TPSA) is 66.7 Å². The molecule has 18 rings (SSSR count). The first-order valence-electron chi connectivity index (χ1n) is 31.6. The minimum Gasteiger partial charge on any atom is -0.456 e. The van der Waals surface area contributed by atoms with Crippen LogP contribution in [-0.4, -0.2) is 17.2 Å². The first kappa shape index (κ1) is 57.8. The summed E-state index contributed by atoms with van der Waals surface area (Å²) in [6.45, 7) is 0. The van der Waals surface area contributed by atoms with Gasteiger partial charge in [0.05, 0.1) is 0 Å². The van der Waals surface area contributed by atoms with Crippen molar-refractivity contribution in [1.29, 1.82) is 0 Å². The van der Waals surface area contributed by atoms with Crippen molar-refractivity contribution in [2.75, 3.05) is 0 Å². The Bertz CT molecular complexity index is 5720. The summed E-state index contributed by atoms with van der Waals surface area (Å²) in [6, 6.07) is 119. The molecule has 94 heavy (non-hydrogen) atoms. The summed E-state index contributed by atoms with van der Waals surface area (Å²) in [5.41, 5.74) is 21.1. The fraction of sp³-hybridized carbons (Fsp3) is 0. The maximum absolute atomic E-state index is 10.2. The first-order chi connectivity index (χ1) is 46.4. The molecule has 0 aliphatic carbocycles. The highest BCUT2D eigenvalue weighted by Gasteiger charge is 2.24. The van der Waals surface area contributed by atoms with E-state index < -0.39 is 7.12 Å². The monoisotopic (exact) mass is 1270 g/mol. The van der Waals surface area contributed by atoms with E-state index in [1.165, 1.54) is 88.0 Å². The van der Waals surface area contributed by atoms with Gasteiger partial charge in [-0.05, 0) is 175 Å². The Balaban J connectivity index is 0.000000122. The smallest absolute Gasteiger partial charge is 0.456 e. The van der Waals surface area contributed by atoms with Crippen molar-refractivity contribution in [3.05, 3.63) is 344 Å². The normalized spacial score (nSPS) is 11.4. The summed E-state index contributed by atoms with van der Waals surface area (Å²) in [5, 5.41) is 33.8. The van der Waals surface area contributed by atoms with Crippen molar-refractivity contribution >= 4 is 115 Å². The molecule has 444 valence electrons. The van der Waals surface area contributed by atoms with E-state index in [0.29, 0.717) is 5.46 Å². The molecule has 16 aromatic carbocycles. The lowest BCUT2D eigenvalue weighted by Crippen LogP contribution is -2.31. The molecule has 2 N–H and O–H groups in total. The second kappa shape index (κ2) is 25.0. The van der Waals surface area contributed by atoms with Crippen molar-refractivity contribution in [3.63, 3.8) is 0 Å². The molecule has 0 aliphatic heterocycles. The standard InChI is InChI=1S/C44H28O.C26H19BO2.C18H11BrO/c1-2-12-30(13-3-1)33-14-4-5-16-35(33)44-38-19-8-6-17-36(38)43(37-18-7-9-20-39(37)44)31-24-22-29(23-25-31)32-26-27-42-40(28-32)34-15-10-11-21-41(34)45-42;28-27(29)26-23-16-8-6-14-21(23)25(22-15-7-9-17-24(22)26)20-13-5-4-12-19(20)18-10-2-1-3-11-18;19-14-8-5-12(6-9-14)13-7-10-18-16(11-13)15-3-1-2-4-17(15)20-18/h1-28H;1-17,28-29H;1-11H. The summed E-state index contributed by atoms with van der Waals surface area (Å²) >= 11 is 3.47. The van der Waals surface area contributed by atoms with E-state index >= 15 is 0 Å². The van der Waals surface area contributed by atoms with Crippen molar-refractivity contribution < 1.29 is 18.9 Å². The average molecular weight is 1270 g/mol. The van der Waals surface area contributed by atoms with Crippen LogP contribution in [0.2, 0.25) is 0 Å². The van der Waals surface area contributed by atoms with Gasteiger partial charge in [0, 0.05) is 26.0 Å². The molecule has 18 aromatic rings. The van der Waals surface area contributed by atoms with Crippen LogP contribution in [0.15, 0.2) is 353 Å². The third kappa shape index (κ3) is 10.7. The highest BCUT2D eigenvalue weighted by molar-refractivity contribution is 9.10. The number of halogens is 1. The predicted octanol–water partition coefficient (Wildman–Crippen LogP) is 23.6. The Kier molecular flexibility index (Phi) is 15.4. The molecule has 0 fully saturated rings. The maximum atomic E-state index is 10.2. The first-order valence-corrected chi connectivity index (χ1v) is 32.4. The van der Waals surface area contributed by atoms with Crippen molar-refractivity contribution in [2.24, 2.45) is 0 Å². The van der Waals surface area contributed by atoms with Crippen LogP contribution in [0.5, 0.6) is 0 Å². The van der Waals surface area contributed by atoms with Crippen molar-refractivity contribution in [2.45, 2.75) is 0 Å². The molecule has 6 heteroatoms. The number of benzene rings is 16. The number of fused-ring (bicyclic) bond motifs is 10.